The quantitative estimate of drug-likeness (QED) is 0.504. The molecule has 0 atom stereocenters. The Morgan fingerprint density at radius 1 is 0.812 bits per heavy atom. The molecule has 164 valence electrons. The fraction of sp³-hybridized carbons (Fsp3) is 0.200. The Morgan fingerprint density at radius 3 is 2.09 bits per heavy atom. The number of para-hydroxylation sites is 2. The van der Waals surface area contributed by atoms with E-state index in [2.05, 4.69) is 39.8 Å². The highest BCUT2D eigenvalue weighted by molar-refractivity contribution is 7.99. The fourth-order valence-electron chi connectivity index (χ4n) is 3.62. The lowest BCUT2D eigenvalue weighted by Crippen LogP contribution is -2.36. The van der Waals surface area contributed by atoms with Crippen LogP contribution in [0.1, 0.15) is 12.0 Å². The Hall–Kier alpha value is -3.32. The Labute approximate surface area is 191 Å². The van der Waals surface area contributed by atoms with Crippen LogP contribution < -0.4 is 15.5 Å². The number of nitrogens with zero attached hydrogens (tertiary/aromatic N) is 1. The maximum Gasteiger partial charge on any atom is 0.224 e. The Morgan fingerprint density at radius 2 is 1.44 bits per heavy atom. The zero-order chi connectivity index (χ0) is 22.3. The second-order valence-electron chi connectivity index (χ2n) is 7.45. The molecule has 3 aromatic carbocycles. The number of hydrogen-bond acceptors (Lipinski definition) is 4. The van der Waals surface area contributed by atoms with Crippen LogP contribution in [-0.4, -0.2) is 31.4 Å². The Kier molecular flexibility index (Phi) is 7.07. The molecule has 2 N–H and O–H groups in total. The summed E-state index contributed by atoms with van der Waals surface area (Å²) >= 11 is 1.74. The third-order valence-electron chi connectivity index (χ3n) is 5.12. The van der Waals surface area contributed by atoms with E-state index in [-0.39, 0.29) is 24.1 Å². The molecule has 7 heteroatoms. The third kappa shape index (κ3) is 5.48. The van der Waals surface area contributed by atoms with Gasteiger partial charge in [-0.05, 0) is 42.0 Å². The van der Waals surface area contributed by atoms with Crippen LogP contribution in [0.4, 0.5) is 15.8 Å². The first-order chi connectivity index (χ1) is 15.6. The molecular formula is C25H24FN3O2S. The van der Waals surface area contributed by atoms with E-state index in [1.807, 2.05) is 24.3 Å². The van der Waals surface area contributed by atoms with Crippen molar-refractivity contribution >= 4 is 35.0 Å². The highest BCUT2D eigenvalue weighted by Crippen LogP contribution is 2.47. The van der Waals surface area contributed by atoms with Crippen molar-refractivity contribution in [3.05, 3.63) is 84.2 Å². The summed E-state index contributed by atoms with van der Waals surface area (Å²) in [5.74, 6) is -0.637. The minimum absolute atomic E-state index is 0.0717. The summed E-state index contributed by atoms with van der Waals surface area (Å²) < 4.78 is 13.2. The highest BCUT2D eigenvalue weighted by Gasteiger charge is 2.23. The van der Waals surface area contributed by atoms with Gasteiger partial charge in [0.05, 0.1) is 17.8 Å². The standard InChI is InChI=1S/C25H24FN3O2S/c26-19-7-5-6-18(16-19)17-25(31)28-14-13-27-24(30)12-15-29-20-8-1-3-10-22(20)32-23-11-4-2-9-21(23)29/h1-11,16H,12-15,17H2,(H,27,30)(H,28,31). The number of halogens is 1. The maximum absolute atomic E-state index is 13.2. The van der Waals surface area contributed by atoms with Gasteiger partial charge in [-0.15, -0.1) is 0 Å². The summed E-state index contributed by atoms with van der Waals surface area (Å²) in [6, 6.07) is 22.4. The molecule has 0 saturated heterocycles. The van der Waals surface area contributed by atoms with Crippen LogP contribution in [0.5, 0.6) is 0 Å². The molecule has 1 heterocycles. The summed E-state index contributed by atoms with van der Waals surface area (Å²) in [6.07, 6.45) is 0.446. The summed E-state index contributed by atoms with van der Waals surface area (Å²) in [5, 5.41) is 5.60. The second kappa shape index (κ2) is 10.3. The van der Waals surface area contributed by atoms with E-state index in [0.29, 0.717) is 31.6 Å². The van der Waals surface area contributed by atoms with Crippen molar-refractivity contribution in [2.75, 3.05) is 24.5 Å². The van der Waals surface area contributed by atoms with Crippen molar-refractivity contribution in [2.45, 2.75) is 22.6 Å². The smallest absolute Gasteiger partial charge is 0.224 e. The van der Waals surface area contributed by atoms with E-state index in [4.69, 9.17) is 0 Å². The van der Waals surface area contributed by atoms with Crippen molar-refractivity contribution in [3.8, 4) is 0 Å². The van der Waals surface area contributed by atoms with E-state index in [0.717, 1.165) is 11.4 Å². The molecule has 0 fully saturated rings. The maximum atomic E-state index is 13.2. The van der Waals surface area contributed by atoms with Gasteiger partial charge in [0.1, 0.15) is 5.82 Å². The lowest BCUT2D eigenvalue weighted by atomic mass is 10.1. The van der Waals surface area contributed by atoms with E-state index < -0.39 is 0 Å². The Balaban J connectivity index is 1.24. The van der Waals surface area contributed by atoms with Crippen molar-refractivity contribution in [1.29, 1.82) is 0 Å². The van der Waals surface area contributed by atoms with Crippen LogP contribution in [0.3, 0.4) is 0 Å². The van der Waals surface area contributed by atoms with Gasteiger partial charge in [0.2, 0.25) is 11.8 Å². The zero-order valence-electron chi connectivity index (χ0n) is 17.5. The van der Waals surface area contributed by atoms with E-state index >= 15 is 0 Å². The van der Waals surface area contributed by atoms with Gasteiger partial charge >= 0.3 is 0 Å². The van der Waals surface area contributed by atoms with E-state index in [9.17, 15) is 14.0 Å². The summed E-state index contributed by atoms with van der Waals surface area (Å²) in [7, 11) is 0. The van der Waals surface area contributed by atoms with Crippen molar-refractivity contribution < 1.29 is 14.0 Å². The molecule has 0 radical (unpaired) electrons. The van der Waals surface area contributed by atoms with Gasteiger partial charge in [-0.25, -0.2) is 4.39 Å². The van der Waals surface area contributed by atoms with Crippen molar-refractivity contribution in [3.63, 3.8) is 0 Å². The van der Waals surface area contributed by atoms with Crippen LogP contribution in [0.15, 0.2) is 82.6 Å². The highest BCUT2D eigenvalue weighted by atomic mass is 32.2. The zero-order valence-corrected chi connectivity index (χ0v) is 18.3. The molecular weight excluding hydrogens is 425 g/mol. The van der Waals surface area contributed by atoms with Crippen LogP contribution in [0.25, 0.3) is 0 Å². The lowest BCUT2D eigenvalue weighted by molar-refractivity contribution is -0.122. The molecule has 0 bridgehead atoms. The molecule has 0 saturated carbocycles. The number of hydrogen-bond donors (Lipinski definition) is 2. The first-order valence-corrected chi connectivity index (χ1v) is 11.3. The fourth-order valence-corrected chi connectivity index (χ4v) is 4.72. The summed E-state index contributed by atoms with van der Waals surface area (Å²) in [4.78, 5) is 28.9. The predicted octanol–water partition coefficient (Wildman–Crippen LogP) is 4.29. The van der Waals surface area contributed by atoms with Gasteiger partial charge in [0.15, 0.2) is 0 Å². The number of nitrogens with one attached hydrogen (secondary N) is 2. The molecule has 4 rings (SSSR count). The molecule has 0 aliphatic carbocycles. The molecule has 32 heavy (non-hydrogen) atoms. The van der Waals surface area contributed by atoms with Crippen LogP contribution in [0, 0.1) is 5.82 Å². The molecule has 0 aromatic heterocycles. The number of rotatable bonds is 8. The van der Waals surface area contributed by atoms with Crippen molar-refractivity contribution in [1.82, 2.24) is 10.6 Å². The average Bonchev–Trinajstić information content (AvgIpc) is 2.79. The van der Waals surface area contributed by atoms with Gasteiger partial charge in [0.25, 0.3) is 0 Å². The topological polar surface area (TPSA) is 61.4 Å². The molecule has 1 aliphatic heterocycles. The molecule has 0 unspecified atom stereocenters. The van der Waals surface area contributed by atoms with Gasteiger partial charge in [-0.1, -0.05) is 48.2 Å². The molecule has 3 aromatic rings. The number of carbonyl (C=O) groups is 2. The monoisotopic (exact) mass is 449 g/mol. The second-order valence-corrected chi connectivity index (χ2v) is 8.53. The predicted molar refractivity (Wildman–Crippen MR) is 125 cm³/mol. The minimum atomic E-state index is -0.361. The van der Waals surface area contributed by atoms with Gasteiger partial charge in [-0.3, -0.25) is 9.59 Å². The SMILES string of the molecule is O=C(CCN1c2ccccc2Sc2ccccc21)NCCNC(=O)Cc1cccc(F)c1. The molecule has 0 spiro atoms. The Bertz CT molecular complexity index is 1080. The molecule has 5 nitrogen and oxygen atoms in total. The van der Waals surface area contributed by atoms with Crippen LogP contribution >= 0.6 is 11.8 Å². The lowest BCUT2D eigenvalue weighted by Gasteiger charge is -2.32. The third-order valence-corrected chi connectivity index (χ3v) is 6.25. The number of amides is 2. The van der Waals surface area contributed by atoms with Gasteiger partial charge in [0, 0.05) is 35.8 Å². The molecule has 1 aliphatic rings. The first-order valence-electron chi connectivity index (χ1n) is 10.5. The summed E-state index contributed by atoms with van der Waals surface area (Å²) in [5.41, 5.74) is 2.83. The van der Waals surface area contributed by atoms with Crippen molar-refractivity contribution in [2.24, 2.45) is 0 Å². The van der Waals surface area contributed by atoms with Crippen LogP contribution in [0.2, 0.25) is 0 Å². The minimum Gasteiger partial charge on any atom is -0.354 e. The number of benzene rings is 3. The van der Waals surface area contributed by atoms with Gasteiger partial charge in [-0.2, -0.15) is 0 Å². The first kappa shape index (κ1) is 21.9. The van der Waals surface area contributed by atoms with Gasteiger partial charge < -0.3 is 15.5 Å². The largest absolute Gasteiger partial charge is 0.354 e. The van der Waals surface area contributed by atoms with E-state index in [1.54, 1.807) is 23.9 Å². The number of carbonyl (C=O) groups excluding carboxylic acids is 2. The normalized spacial score (nSPS) is 12.0. The summed E-state index contributed by atoms with van der Waals surface area (Å²) in [6.45, 7) is 1.23. The van der Waals surface area contributed by atoms with E-state index in [1.165, 1.54) is 21.9 Å². The number of anilines is 2. The van der Waals surface area contributed by atoms with Crippen LogP contribution in [-0.2, 0) is 16.0 Å². The average molecular weight is 450 g/mol. The molecule has 2 amide bonds. The number of fused-ring (bicyclic) bond motifs is 2.